The molecule has 0 fully saturated rings. The summed E-state index contributed by atoms with van der Waals surface area (Å²) in [7, 11) is -3.18. The van der Waals surface area contributed by atoms with E-state index in [9.17, 15) is 8.42 Å². The smallest absolute Gasteiger partial charge is 0.208 e. The molecular formula is C17H29NO3S2. The van der Waals surface area contributed by atoms with Gasteiger partial charge in [-0.2, -0.15) is 0 Å². The quantitative estimate of drug-likeness (QED) is 0.577. The first-order valence-corrected chi connectivity index (χ1v) is 10.0. The monoisotopic (exact) mass is 359 g/mol. The van der Waals surface area contributed by atoms with Gasteiger partial charge < -0.3 is 4.74 Å². The topological polar surface area (TPSA) is 55.4 Å². The molecule has 1 rings (SSSR count). The molecule has 6 heteroatoms. The number of thiol groups is 1. The predicted molar refractivity (Wildman–Crippen MR) is 99.1 cm³/mol. The van der Waals surface area contributed by atoms with E-state index in [1.54, 1.807) is 0 Å². The number of hydrogen-bond donors (Lipinski definition) is 2. The lowest BCUT2D eigenvalue weighted by Gasteiger charge is -2.33. The van der Waals surface area contributed by atoms with Crippen molar-refractivity contribution < 1.29 is 13.2 Å². The summed E-state index contributed by atoms with van der Waals surface area (Å²) in [6.45, 7) is 11.7. The Morgan fingerprint density at radius 1 is 1.17 bits per heavy atom. The molecule has 1 N–H and O–H groups in total. The lowest BCUT2D eigenvalue weighted by Crippen LogP contribution is -2.27. The molecule has 0 aliphatic carbocycles. The summed E-state index contributed by atoms with van der Waals surface area (Å²) in [5, 5.41) is 0. The van der Waals surface area contributed by atoms with Crippen molar-refractivity contribution in [3.63, 3.8) is 0 Å². The third kappa shape index (κ3) is 7.59. The van der Waals surface area contributed by atoms with Gasteiger partial charge in [-0.3, -0.25) is 0 Å². The van der Waals surface area contributed by atoms with E-state index < -0.39 is 10.0 Å². The number of hydrogen-bond acceptors (Lipinski definition) is 4. The van der Waals surface area contributed by atoms with Crippen LogP contribution in [0.5, 0.6) is 5.75 Å². The van der Waals surface area contributed by atoms with E-state index in [1.165, 1.54) is 5.56 Å². The van der Waals surface area contributed by atoms with E-state index in [4.69, 9.17) is 4.74 Å². The van der Waals surface area contributed by atoms with E-state index in [0.717, 1.165) is 17.6 Å². The van der Waals surface area contributed by atoms with Gasteiger partial charge in [0.2, 0.25) is 10.0 Å². The molecule has 132 valence electrons. The second-order valence-corrected chi connectivity index (χ2v) is 10.1. The maximum Gasteiger partial charge on any atom is 0.208 e. The molecule has 0 amide bonds. The van der Waals surface area contributed by atoms with Crippen LogP contribution in [0.25, 0.3) is 0 Å². The van der Waals surface area contributed by atoms with Crippen molar-refractivity contribution >= 4 is 22.7 Å². The first-order valence-electron chi connectivity index (χ1n) is 7.71. The van der Waals surface area contributed by atoms with Crippen LogP contribution in [0.3, 0.4) is 0 Å². The third-order valence-corrected chi connectivity index (χ3v) is 4.51. The van der Waals surface area contributed by atoms with Crippen LogP contribution in [0.2, 0.25) is 0 Å². The van der Waals surface area contributed by atoms with E-state index in [-0.39, 0.29) is 24.0 Å². The molecule has 0 aliphatic heterocycles. The van der Waals surface area contributed by atoms with E-state index in [2.05, 4.69) is 58.0 Å². The summed E-state index contributed by atoms with van der Waals surface area (Å²) < 4.78 is 30.0. The molecule has 1 aromatic rings. The number of rotatable bonds is 7. The minimum absolute atomic E-state index is 0.0477. The minimum atomic E-state index is -3.18. The zero-order valence-electron chi connectivity index (χ0n) is 14.9. The van der Waals surface area contributed by atoms with Crippen molar-refractivity contribution in [3.05, 3.63) is 23.8 Å². The zero-order chi connectivity index (χ0) is 17.9. The van der Waals surface area contributed by atoms with Crippen LogP contribution >= 0.6 is 12.6 Å². The summed E-state index contributed by atoms with van der Waals surface area (Å²) in [4.78, 5) is 0.767. The van der Waals surface area contributed by atoms with Crippen molar-refractivity contribution in [1.82, 2.24) is 4.72 Å². The van der Waals surface area contributed by atoms with Gasteiger partial charge in [-0.1, -0.05) is 40.7 Å². The third-order valence-electron chi connectivity index (χ3n) is 3.44. The Kier molecular flexibility index (Phi) is 6.58. The summed E-state index contributed by atoms with van der Waals surface area (Å²) in [5.74, 6) is 0.666. The molecule has 4 nitrogen and oxygen atoms in total. The van der Waals surface area contributed by atoms with E-state index >= 15 is 0 Å². The highest BCUT2D eigenvalue weighted by molar-refractivity contribution is 7.88. The summed E-state index contributed by atoms with van der Waals surface area (Å²) in [6.07, 6.45) is 2.19. The fraction of sp³-hybridized carbons (Fsp3) is 0.647. The fourth-order valence-corrected chi connectivity index (χ4v) is 3.61. The number of sulfonamides is 1. The number of nitrogens with one attached hydrogen (secondary N) is 1. The van der Waals surface area contributed by atoms with Gasteiger partial charge in [0, 0.05) is 11.4 Å². The standard InChI is InChI=1S/C17H29NO3S2/c1-16(2,3)12-17(4,5)13-7-8-14(15(22)11-13)21-10-9-18-23(6,19)20/h7-8,11,18,22H,9-10,12H2,1-6H3. The highest BCUT2D eigenvalue weighted by atomic mass is 32.2. The largest absolute Gasteiger partial charge is 0.491 e. The Labute approximate surface area is 146 Å². The highest BCUT2D eigenvalue weighted by Crippen LogP contribution is 2.38. The Bertz CT molecular complexity index is 632. The fourth-order valence-electron chi connectivity index (χ4n) is 2.88. The normalized spacial score (nSPS) is 13.2. The van der Waals surface area contributed by atoms with Gasteiger partial charge in [0.25, 0.3) is 0 Å². The van der Waals surface area contributed by atoms with Crippen molar-refractivity contribution in [2.75, 3.05) is 19.4 Å². The molecule has 0 atom stereocenters. The Hall–Kier alpha value is -0.720. The summed E-state index contributed by atoms with van der Waals surface area (Å²) in [6, 6.07) is 6.00. The van der Waals surface area contributed by atoms with Crippen molar-refractivity contribution in [2.24, 2.45) is 5.41 Å². The second kappa shape index (κ2) is 7.45. The van der Waals surface area contributed by atoms with Crippen LogP contribution < -0.4 is 9.46 Å². The molecule has 0 aliphatic rings. The van der Waals surface area contributed by atoms with Crippen LogP contribution in [0, 0.1) is 5.41 Å². The summed E-state index contributed by atoms with van der Waals surface area (Å²) in [5.41, 5.74) is 1.51. The van der Waals surface area contributed by atoms with Crippen molar-refractivity contribution in [3.8, 4) is 5.75 Å². The minimum Gasteiger partial charge on any atom is -0.491 e. The molecule has 1 aromatic carbocycles. The zero-order valence-corrected chi connectivity index (χ0v) is 16.6. The SMILES string of the molecule is CC(C)(C)CC(C)(C)c1ccc(OCCNS(C)(=O)=O)c(S)c1. The van der Waals surface area contributed by atoms with Crippen LogP contribution in [0.4, 0.5) is 0 Å². The van der Waals surface area contributed by atoms with E-state index in [0.29, 0.717) is 5.75 Å². The van der Waals surface area contributed by atoms with Gasteiger partial charge >= 0.3 is 0 Å². The number of ether oxygens (including phenoxy) is 1. The van der Waals surface area contributed by atoms with Crippen molar-refractivity contribution in [1.29, 1.82) is 0 Å². The average molecular weight is 360 g/mol. The van der Waals surface area contributed by atoms with Gasteiger partial charge in [-0.25, -0.2) is 13.1 Å². The molecule has 0 radical (unpaired) electrons. The molecule has 0 unspecified atom stereocenters. The number of benzene rings is 1. The molecule has 0 bridgehead atoms. The van der Waals surface area contributed by atoms with Gasteiger partial charge in [0.1, 0.15) is 12.4 Å². The molecule has 0 saturated heterocycles. The molecule has 0 spiro atoms. The van der Waals surface area contributed by atoms with Crippen LogP contribution in [0.1, 0.15) is 46.6 Å². The second-order valence-electron chi connectivity index (χ2n) is 7.82. The molecule has 0 aromatic heterocycles. The van der Waals surface area contributed by atoms with Gasteiger partial charge in [-0.05, 0) is 34.9 Å². The van der Waals surface area contributed by atoms with Gasteiger partial charge in [-0.15, -0.1) is 12.6 Å². The Balaban J connectivity index is 2.74. The first-order chi connectivity index (χ1) is 10.3. The molecular weight excluding hydrogens is 330 g/mol. The van der Waals surface area contributed by atoms with Crippen molar-refractivity contribution in [2.45, 2.75) is 51.3 Å². The van der Waals surface area contributed by atoms with Crippen LogP contribution in [-0.2, 0) is 15.4 Å². The Morgan fingerprint density at radius 3 is 2.26 bits per heavy atom. The molecule has 0 heterocycles. The predicted octanol–water partition coefficient (Wildman–Crippen LogP) is 3.62. The van der Waals surface area contributed by atoms with Gasteiger partial charge in [0.05, 0.1) is 6.26 Å². The molecule has 23 heavy (non-hydrogen) atoms. The Morgan fingerprint density at radius 2 is 1.78 bits per heavy atom. The first kappa shape index (κ1) is 20.3. The highest BCUT2D eigenvalue weighted by Gasteiger charge is 2.27. The van der Waals surface area contributed by atoms with Crippen LogP contribution in [0.15, 0.2) is 23.1 Å². The lowest BCUT2D eigenvalue weighted by atomic mass is 9.72. The lowest BCUT2D eigenvalue weighted by molar-refractivity contribution is 0.283. The maximum atomic E-state index is 11.0. The average Bonchev–Trinajstić information content (AvgIpc) is 2.31. The van der Waals surface area contributed by atoms with E-state index in [1.807, 2.05) is 12.1 Å². The molecule has 0 saturated carbocycles. The van der Waals surface area contributed by atoms with Gasteiger partial charge in [0.15, 0.2) is 0 Å². The van der Waals surface area contributed by atoms with Crippen LogP contribution in [-0.4, -0.2) is 27.8 Å². The summed E-state index contributed by atoms with van der Waals surface area (Å²) >= 11 is 4.51. The maximum absolute atomic E-state index is 11.0.